The van der Waals surface area contributed by atoms with Gasteiger partial charge in [-0.05, 0) is 60.9 Å². The summed E-state index contributed by atoms with van der Waals surface area (Å²) in [4.78, 5) is 16.7. The van der Waals surface area contributed by atoms with Crippen molar-refractivity contribution >= 4 is 29.1 Å². The molecule has 1 aliphatic carbocycles. The number of nitrogens with zero attached hydrogens (tertiary/aromatic N) is 1. The Morgan fingerprint density at radius 1 is 1.17 bits per heavy atom. The van der Waals surface area contributed by atoms with Crippen molar-refractivity contribution in [3.8, 4) is 5.75 Å². The highest BCUT2D eigenvalue weighted by atomic mass is 35.5. The third-order valence-electron chi connectivity index (χ3n) is 3.58. The van der Waals surface area contributed by atoms with E-state index in [0.717, 1.165) is 35.4 Å². The number of oxime groups is 1. The van der Waals surface area contributed by atoms with Crippen molar-refractivity contribution in [3.05, 3.63) is 58.6 Å². The molecule has 2 aromatic carbocycles. The van der Waals surface area contributed by atoms with Crippen molar-refractivity contribution in [1.82, 2.24) is 0 Å². The molecular weight excluding hydrogens is 316 g/mol. The van der Waals surface area contributed by atoms with Crippen LogP contribution < -0.4 is 10.1 Å². The van der Waals surface area contributed by atoms with E-state index in [9.17, 15) is 4.79 Å². The van der Waals surface area contributed by atoms with Crippen LogP contribution in [0.5, 0.6) is 5.75 Å². The molecule has 0 fully saturated rings. The number of nitrogens with one attached hydrogen (secondary N) is 1. The van der Waals surface area contributed by atoms with E-state index >= 15 is 0 Å². The highest BCUT2D eigenvalue weighted by molar-refractivity contribution is 6.30. The molecule has 23 heavy (non-hydrogen) atoms. The summed E-state index contributed by atoms with van der Waals surface area (Å²) in [6.45, 7) is 0. The van der Waals surface area contributed by atoms with E-state index in [1.165, 1.54) is 0 Å². The molecule has 0 saturated heterocycles. The molecule has 3 rings (SSSR count). The standard InChI is InChI=1S/C17H15ClN2O3/c1-22-14-7-8-15-11(10-14)2-9-16(15)20-23-17(21)19-13-5-3-12(18)4-6-13/h3-8,10H,2,9H2,1H3,(H,19,21)/b20-16+. The van der Waals surface area contributed by atoms with E-state index < -0.39 is 6.09 Å². The van der Waals surface area contributed by atoms with Crippen molar-refractivity contribution < 1.29 is 14.4 Å². The molecule has 0 aromatic heterocycles. The summed E-state index contributed by atoms with van der Waals surface area (Å²) in [6, 6.07) is 12.5. The number of hydrogen-bond donors (Lipinski definition) is 1. The summed E-state index contributed by atoms with van der Waals surface area (Å²) in [7, 11) is 1.63. The number of halogens is 1. The molecule has 5 nitrogen and oxygen atoms in total. The van der Waals surface area contributed by atoms with Gasteiger partial charge in [-0.25, -0.2) is 4.79 Å². The number of carbonyl (C=O) groups excluding carboxylic acids is 1. The number of ether oxygens (including phenoxy) is 1. The van der Waals surface area contributed by atoms with Crippen molar-refractivity contribution in [2.45, 2.75) is 12.8 Å². The lowest BCUT2D eigenvalue weighted by atomic mass is 10.1. The zero-order valence-electron chi connectivity index (χ0n) is 12.5. The van der Waals surface area contributed by atoms with Crippen molar-refractivity contribution in [2.75, 3.05) is 12.4 Å². The summed E-state index contributed by atoms with van der Waals surface area (Å²) in [5.74, 6) is 0.811. The Morgan fingerprint density at radius 3 is 2.70 bits per heavy atom. The molecule has 6 heteroatoms. The van der Waals surface area contributed by atoms with Gasteiger partial charge in [-0.3, -0.25) is 10.2 Å². The first kappa shape index (κ1) is 15.4. The molecule has 1 N–H and O–H groups in total. The molecule has 0 aliphatic heterocycles. The second-order valence-corrected chi connectivity index (χ2v) is 5.51. The molecule has 0 atom stereocenters. The first-order chi connectivity index (χ1) is 11.2. The van der Waals surface area contributed by atoms with Crippen LogP contribution in [-0.4, -0.2) is 18.9 Å². The zero-order valence-corrected chi connectivity index (χ0v) is 13.3. The lowest BCUT2D eigenvalue weighted by Gasteiger charge is -2.05. The summed E-state index contributed by atoms with van der Waals surface area (Å²) < 4.78 is 5.20. The van der Waals surface area contributed by atoms with Crippen LogP contribution in [0.3, 0.4) is 0 Å². The Balaban J connectivity index is 1.65. The van der Waals surface area contributed by atoms with Gasteiger partial charge in [-0.2, -0.15) is 0 Å². The fourth-order valence-electron chi connectivity index (χ4n) is 2.44. The Hall–Kier alpha value is -2.53. The van der Waals surface area contributed by atoms with Crippen molar-refractivity contribution in [2.24, 2.45) is 5.16 Å². The maximum Gasteiger partial charge on any atom is 0.437 e. The fraction of sp³-hybridized carbons (Fsp3) is 0.176. The van der Waals surface area contributed by atoms with Crippen LogP contribution in [0.25, 0.3) is 0 Å². The number of rotatable bonds is 3. The largest absolute Gasteiger partial charge is 0.497 e. The molecule has 0 spiro atoms. The van der Waals surface area contributed by atoms with Crippen LogP contribution in [-0.2, 0) is 11.3 Å². The van der Waals surface area contributed by atoms with Gasteiger partial charge in [0.1, 0.15) is 5.75 Å². The van der Waals surface area contributed by atoms with Gasteiger partial charge in [0.15, 0.2) is 0 Å². The molecule has 118 valence electrons. The average Bonchev–Trinajstić information content (AvgIpc) is 2.97. The third kappa shape index (κ3) is 3.63. The summed E-state index contributed by atoms with van der Waals surface area (Å²) in [6.07, 6.45) is 0.950. The van der Waals surface area contributed by atoms with Crippen LogP contribution in [0, 0.1) is 0 Å². The van der Waals surface area contributed by atoms with Crippen molar-refractivity contribution in [3.63, 3.8) is 0 Å². The Bertz CT molecular complexity index is 757. The van der Waals surface area contributed by atoms with Crippen LogP contribution in [0.4, 0.5) is 10.5 Å². The lowest BCUT2D eigenvalue weighted by Crippen LogP contribution is -2.12. The minimum Gasteiger partial charge on any atom is -0.497 e. The predicted molar refractivity (Wildman–Crippen MR) is 89.4 cm³/mol. The molecule has 1 amide bonds. The van der Waals surface area contributed by atoms with Gasteiger partial charge in [0.25, 0.3) is 0 Å². The molecular formula is C17H15ClN2O3. The predicted octanol–water partition coefficient (Wildman–Crippen LogP) is 4.25. The van der Waals surface area contributed by atoms with E-state index in [2.05, 4.69) is 10.5 Å². The van der Waals surface area contributed by atoms with Gasteiger partial charge in [-0.15, -0.1) is 0 Å². The number of methoxy groups -OCH3 is 1. The maximum absolute atomic E-state index is 11.8. The van der Waals surface area contributed by atoms with Crippen LogP contribution in [0.1, 0.15) is 17.5 Å². The zero-order chi connectivity index (χ0) is 16.2. The highest BCUT2D eigenvalue weighted by Crippen LogP contribution is 2.26. The van der Waals surface area contributed by atoms with Gasteiger partial charge < -0.3 is 4.74 Å². The molecule has 0 bridgehead atoms. The molecule has 0 saturated carbocycles. The average molecular weight is 331 g/mol. The molecule has 1 aliphatic rings. The summed E-state index contributed by atoms with van der Waals surface area (Å²) in [5, 5.41) is 7.16. The second kappa shape index (κ2) is 6.71. The smallest absolute Gasteiger partial charge is 0.437 e. The van der Waals surface area contributed by atoms with Gasteiger partial charge in [0.2, 0.25) is 0 Å². The van der Waals surface area contributed by atoms with E-state index in [0.29, 0.717) is 10.7 Å². The number of carbonyl (C=O) groups is 1. The first-order valence-corrected chi connectivity index (χ1v) is 7.51. The number of hydrogen-bond acceptors (Lipinski definition) is 4. The Morgan fingerprint density at radius 2 is 1.96 bits per heavy atom. The first-order valence-electron chi connectivity index (χ1n) is 7.13. The van der Waals surface area contributed by atoms with Crippen LogP contribution in [0.2, 0.25) is 5.02 Å². The fourth-order valence-corrected chi connectivity index (χ4v) is 2.56. The van der Waals surface area contributed by atoms with Gasteiger partial charge in [0.05, 0.1) is 12.8 Å². The van der Waals surface area contributed by atoms with E-state index in [4.69, 9.17) is 21.2 Å². The number of fused-ring (bicyclic) bond motifs is 1. The maximum atomic E-state index is 11.8. The Kier molecular flexibility index (Phi) is 4.48. The summed E-state index contributed by atoms with van der Waals surface area (Å²) in [5.41, 5.74) is 3.49. The highest BCUT2D eigenvalue weighted by Gasteiger charge is 2.19. The number of aryl methyl sites for hydroxylation is 1. The monoisotopic (exact) mass is 330 g/mol. The number of amides is 1. The molecule has 0 unspecified atom stereocenters. The quantitative estimate of drug-likeness (QED) is 0.676. The van der Waals surface area contributed by atoms with Gasteiger partial charge in [0, 0.05) is 16.3 Å². The molecule has 0 heterocycles. The minimum atomic E-state index is -0.637. The van der Waals surface area contributed by atoms with Gasteiger partial charge in [-0.1, -0.05) is 16.8 Å². The number of benzene rings is 2. The van der Waals surface area contributed by atoms with Crippen molar-refractivity contribution in [1.29, 1.82) is 0 Å². The van der Waals surface area contributed by atoms with Crippen LogP contribution >= 0.6 is 11.6 Å². The normalized spacial score (nSPS) is 14.4. The lowest BCUT2D eigenvalue weighted by molar-refractivity contribution is 0.166. The van der Waals surface area contributed by atoms with E-state index in [1.807, 2.05) is 18.2 Å². The summed E-state index contributed by atoms with van der Waals surface area (Å²) >= 11 is 5.79. The van der Waals surface area contributed by atoms with E-state index in [1.54, 1.807) is 31.4 Å². The van der Waals surface area contributed by atoms with Crippen LogP contribution in [0.15, 0.2) is 47.6 Å². The minimum absolute atomic E-state index is 0.594. The second-order valence-electron chi connectivity index (χ2n) is 5.07. The number of anilines is 1. The Labute approximate surface area is 138 Å². The molecule has 0 radical (unpaired) electrons. The molecule has 2 aromatic rings. The topological polar surface area (TPSA) is 59.9 Å². The SMILES string of the molecule is COc1ccc2c(c1)CC/C2=N\OC(=O)Nc1ccc(Cl)cc1. The third-order valence-corrected chi connectivity index (χ3v) is 3.84. The van der Waals surface area contributed by atoms with Gasteiger partial charge >= 0.3 is 6.09 Å². The van der Waals surface area contributed by atoms with E-state index in [-0.39, 0.29) is 0 Å².